The van der Waals surface area contributed by atoms with E-state index >= 15 is 0 Å². The third kappa shape index (κ3) is 3.61. The van der Waals surface area contributed by atoms with Crippen molar-refractivity contribution in [2.75, 3.05) is 0 Å². The van der Waals surface area contributed by atoms with Crippen molar-refractivity contribution in [3.8, 4) is 33.8 Å². The molecule has 3 nitrogen and oxygen atoms in total. The van der Waals surface area contributed by atoms with Gasteiger partial charge in [-0.2, -0.15) is 0 Å². The average molecular weight is 516 g/mol. The highest BCUT2D eigenvalue weighted by Gasteiger charge is 2.20. The molecule has 0 aliphatic carbocycles. The normalized spacial score (nSPS) is 11.6. The molecular formula is C35H21N3S. The molecule has 0 aliphatic heterocycles. The Bertz CT molecular complexity index is 2170. The molecule has 39 heavy (non-hydrogen) atoms. The Morgan fingerprint density at radius 2 is 1.31 bits per heavy atom. The fourth-order valence-electron chi connectivity index (χ4n) is 5.51. The molecule has 0 bridgehead atoms. The van der Waals surface area contributed by atoms with Crippen molar-refractivity contribution in [2.45, 2.75) is 0 Å². The topological polar surface area (TPSA) is 38.7 Å². The van der Waals surface area contributed by atoms with E-state index in [1.54, 1.807) is 11.3 Å². The second-order valence-corrected chi connectivity index (χ2v) is 10.7. The van der Waals surface area contributed by atoms with Crippen molar-refractivity contribution in [3.05, 3.63) is 128 Å². The van der Waals surface area contributed by atoms with Crippen molar-refractivity contribution in [1.82, 2.24) is 15.0 Å². The molecule has 0 unspecified atom stereocenters. The summed E-state index contributed by atoms with van der Waals surface area (Å²) in [6.45, 7) is 0. The van der Waals surface area contributed by atoms with Gasteiger partial charge in [-0.3, -0.25) is 4.98 Å². The van der Waals surface area contributed by atoms with Gasteiger partial charge >= 0.3 is 0 Å². The van der Waals surface area contributed by atoms with Gasteiger partial charge in [-0.25, -0.2) is 9.97 Å². The number of pyridine rings is 1. The van der Waals surface area contributed by atoms with Gasteiger partial charge in [0.1, 0.15) is 4.83 Å². The first-order valence-electron chi connectivity index (χ1n) is 13.0. The molecule has 3 heterocycles. The number of hydrogen-bond acceptors (Lipinski definition) is 4. The molecule has 0 N–H and O–H groups in total. The van der Waals surface area contributed by atoms with Crippen LogP contribution in [0, 0.1) is 0 Å². The summed E-state index contributed by atoms with van der Waals surface area (Å²) in [5.41, 5.74) is 6.40. The summed E-state index contributed by atoms with van der Waals surface area (Å²) >= 11 is 1.73. The quantitative estimate of drug-likeness (QED) is 0.220. The van der Waals surface area contributed by atoms with Gasteiger partial charge < -0.3 is 0 Å². The molecule has 0 fully saturated rings. The summed E-state index contributed by atoms with van der Waals surface area (Å²) in [4.78, 5) is 16.2. The van der Waals surface area contributed by atoms with Crippen LogP contribution in [0.15, 0.2) is 128 Å². The summed E-state index contributed by atoms with van der Waals surface area (Å²) in [6.07, 6.45) is 1.87. The second kappa shape index (κ2) is 8.83. The van der Waals surface area contributed by atoms with E-state index < -0.39 is 0 Å². The van der Waals surface area contributed by atoms with Gasteiger partial charge in [-0.1, -0.05) is 103 Å². The van der Waals surface area contributed by atoms with Crippen LogP contribution < -0.4 is 0 Å². The van der Waals surface area contributed by atoms with Crippen LogP contribution in [0.3, 0.4) is 0 Å². The van der Waals surface area contributed by atoms with Crippen LogP contribution in [0.1, 0.15) is 0 Å². The Morgan fingerprint density at radius 1 is 0.538 bits per heavy atom. The summed E-state index contributed by atoms with van der Waals surface area (Å²) in [7, 11) is 0. The van der Waals surface area contributed by atoms with E-state index in [4.69, 9.17) is 15.0 Å². The first-order valence-corrected chi connectivity index (χ1v) is 13.8. The van der Waals surface area contributed by atoms with Gasteiger partial charge in [0.2, 0.25) is 0 Å². The molecule has 0 atom stereocenters. The minimum atomic E-state index is 0.734. The van der Waals surface area contributed by atoms with Gasteiger partial charge in [0.05, 0.1) is 11.2 Å². The van der Waals surface area contributed by atoms with Crippen LogP contribution in [0.5, 0.6) is 0 Å². The summed E-state index contributed by atoms with van der Waals surface area (Å²) in [5, 5.41) is 5.65. The second-order valence-electron chi connectivity index (χ2n) is 9.67. The predicted molar refractivity (Wildman–Crippen MR) is 164 cm³/mol. The zero-order valence-electron chi connectivity index (χ0n) is 20.9. The average Bonchev–Trinajstić information content (AvgIpc) is 3.39. The highest BCUT2D eigenvalue weighted by atomic mass is 32.1. The van der Waals surface area contributed by atoms with Crippen molar-refractivity contribution < 1.29 is 0 Å². The maximum absolute atomic E-state index is 5.29. The number of nitrogens with zero attached hydrogens (tertiary/aromatic N) is 3. The lowest BCUT2D eigenvalue weighted by Gasteiger charge is -2.12. The molecule has 0 amide bonds. The molecule has 0 radical (unpaired) electrons. The lowest BCUT2D eigenvalue weighted by molar-refractivity contribution is 1.24. The standard InChI is InChI=1S/C35H21N3S/c1-3-9-22(10-4-1)26-18-19-29-28(21-26)31-33(37-34(38-35(31)39-29)25-11-5-2-6-12-25)27-15-7-13-23-16-17-24-14-8-20-36-32(24)30(23)27/h1-21H. The molecule has 4 heteroatoms. The van der Waals surface area contributed by atoms with E-state index in [-0.39, 0.29) is 0 Å². The predicted octanol–water partition coefficient (Wildman–Crippen LogP) is 9.55. The summed E-state index contributed by atoms with van der Waals surface area (Å²) in [5.74, 6) is 0.734. The maximum Gasteiger partial charge on any atom is 0.161 e. The highest BCUT2D eigenvalue weighted by molar-refractivity contribution is 7.25. The monoisotopic (exact) mass is 515 g/mol. The van der Waals surface area contributed by atoms with Crippen LogP contribution in [0.2, 0.25) is 0 Å². The fourth-order valence-corrected chi connectivity index (χ4v) is 6.56. The molecule has 0 saturated heterocycles. The first kappa shape index (κ1) is 22.1. The third-order valence-corrected chi connectivity index (χ3v) is 8.41. The molecule has 0 spiro atoms. The number of rotatable bonds is 3. The fraction of sp³-hybridized carbons (Fsp3) is 0. The highest BCUT2D eigenvalue weighted by Crippen LogP contribution is 2.43. The van der Waals surface area contributed by atoms with Gasteiger partial charge in [0, 0.05) is 43.6 Å². The van der Waals surface area contributed by atoms with Crippen LogP contribution in [-0.2, 0) is 0 Å². The van der Waals surface area contributed by atoms with Crippen LogP contribution in [-0.4, -0.2) is 15.0 Å². The molecule has 8 rings (SSSR count). The minimum Gasteiger partial charge on any atom is -0.256 e. The van der Waals surface area contributed by atoms with Gasteiger partial charge in [-0.05, 0) is 34.7 Å². The Kier molecular flexibility index (Phi) is 5.00. The molecule has 3 aromatic heterocycles. The van der Waals surface area contributed by atoms with Crippen LogP contribution in [0.4, 0.5) is 0 Å². The van der Waals surface area contributed by atoms with Crippen molar-refractivity contribution in [3.63, 3.8) is 0 Å². The van der Waals surface area contributed by atoms with Gasteiger partial charge in [0.15, 0.2) is 5.82 Å². The zero-order chi connectivity index (χ0) is 25.8. The Hall–Kier alpha value is -4.93. The molecule has 5 aromatic carbocycles. The first-order chi connectivity index (χ1) is 19.3. The van der Waals surface area contributed by atoms with Crippen LogP contribution in [0.25, 0.3) is 75.8 Å². The molecule has 0 aliphatic rings. The van der Waals surface area contributed by atoms with E-state index in [1.807, 2.05) is 30.5 Å². The summed E-state index contributed by atoms with van der Waals surface area (Å²) in [6, 6.07) is 42.4. The Morgan fingerprint density at radius 3 is 2.15 bits per heavy atom. The number of thiophene rings is 1. The maximum atomic E-state index is 5.29. The van der Waals surface area contributed by atoms with Crippen molar-refractivity contribution in [1.29, 1.82) is 0 Å². The smallest absolute Gasteiger partial charge is 0.161 e. The zero-order valence-corrected chi connectivity index (χ0v) is 21.7. The van der Waals surface area contributed by atoms with E-state index in [0.29, 0.717) is 0 Å². The molecule has 8 aromatic rings. The Labute approximate surface area is 229 Å². The van der Waals surface area contributed by atoms with Gasteiger partial charge in [0.25, 0.3) is 0 Å². The van der Waals surface area contributed by atoms with Crippen molar-refractivity contribution >= 4 is 53.3 Å². The molecular weight excluding hydrogens is 494 g/mol. The van der Waals surface area contributed by atoms with E-state index in [0.717, 1.165) is 54.5 Å². The third-order valence-electron chi connectivity index (χ3n) is 7.34. The van der Waals surface area contributed by atoms with Crippen LogP contribution >= 0.6 is 11.3 Å². The number of aromatic nitrogens is 3. The van der Waals surface area contributed by atoms with E-state index in [9.17, 15) is 0 Å². The van der Waals surface area contributed by atoms with Gasteiger partial charge in [-0.15, -0.1) is 11.3 Å². The molecule has 0 saturated carbocycles. The SMILES string of the molecule is c1ccc(-c2ccc3sc4nc(-c5ccccc5)nc(-c5cccc6ccc7cccnc7c56)c4c3c2)cc1. The summed E-state index contributed by atoms with van der Waals surface area (Å²) < 4.78 is 1.20. The lowest BCUT2D eigenvalue weighted by atomic mass is 9.96. The van der Waals surface area contributed by atoms with Crippen molar-refractivity contribution in [2.24, 2.45) is 0 Å². The number of hydrogen-bond donors (Lipinski definition) is 0. The Balaban J connectivity index is 1.51. The largest absolute Gasteiger partial charge is 0.256 e. The van der Waals surface area contributed by atoms with E-state index in [2.05, 4.69) is 97.1 Å². The number of fused-ring (bicyclic) bond motifs is 6. The molecule has 182 valence electrons. The number of benzene rings is 5. The van der Waals surface area contributed by atoms with E-state index in [1.165, 1.54) is 21.2 Å². The lowest BCUT2D eigenvalue weighted by Crippen LogP contribution is -1.95. The minimum absolute atomic E-state index is 0.734.